The fraction of sp³-hybridized carbons (Fsp3) is 0.429. The summed E-state index contributed by atoms with van der Waals surface area (Å²) in [6, 6.07) is 14.8. The van der Waals surface area contributed by atoms with E-state index in [1.54, 1.807) is 12.1 Å². The molecule has 1 heterocycles. The van der Waals surface area contributed by atoms with E-state index in [0.717, 1.165) is 38.0 Å². The van der Waals surface area contributed by atoms with Crippen LogP contribution < -0.4 is 4.72 Å². The minimum absolute atomic E-state index is 0.180. The maximum Gasteiger partial charge on any atom is 0.209 e. The van der Waals surface area contributed by atoms with Crippen LogP contribution in [0.3, 0.4) is 0 Å². The van der Waals surface area contributed by atoms with E-state index in [0.29, 0.717) is 5.92 Å². The number of hydrogen-bond donors (Lipinski definition) is 1. The minimum Gasteiger partial charge on any atom is -0.299 e. The first-order valence-electron chi connectivity index (χ1n) is 9.34. The Labute approximate surface area is 161 Å². The van der Waals surface area contributed by atoms with Crippen molar-refractivity contribution in [2.24, 2.45) is 0 Å². The van der Waals surface area contributed by atoms with E-state index in [-0.39, 0.29) is 11.9 Å². The van der Waals surface area contributed by atoms with Gasteiger partial charge in [0.2, 0.25) is 10.0 Å². The number of hydrogen-bond acceptors (Lipinski definition) is 3. The van der Waals surface area contributed by atoms with Gasteiger partial charge in [-0.1, -0.05) is 36.4 Å². The lowest BCUT2D eigenvalue weighted by Crippen LogP contribution is -2.32. The van der Waals surface area contributed by atoms with Crippen molar-refractivity contribution in [3.8, 4) is 0 Å². The van der Waals surface area contributed by atoms with Gasteiger partial charge in [-0.25, -0.2) is 17.5 Å². The molecule has 1 saturated heterocycles. The van der Waals surface area contributed by atoms with Gasteiger partial charge in [-0.05, 0) is 67.6 Å². The second kappa shape index (κ2) is 8.50. The predicted octanol–water partition coefficient (Wildman–Crippen LogP) is 3.82. The lowest BCUT2D eigenvalue weighted by atomic mass is 9.89. The Kier molecular flexibility index (Phi) is 6.29. The van der Waals surface area contributed by atoms with E-state index in [1.807, 2.05) is 31.2 Å². The van der Waals surface area contributed by atoms with Gasteiger partial charge in [0.15, 0.2) is 0 Å². The zero-order valence-electron chi connectivity index (χ0n) is 15.9. The first kappa shape index (κ1) is 20.0. The topological polar surface area (TPSA) is 49.4 Å². The molecule has 0 amide bonds. The highest BCUT2D eigenvalue weighted by atomic mass is 32.2. The van der Waals surface area contributed by atoms with Gasteiger partial charge >= 0.3 is 0 Å². The number of benzene rings is 2. The van der Waals surface area contributed by atoms with Gasteiger partial charge in [0, 0.05) is 12.6 Å². The van der Waals surface area contributed by atoms with Crippen LogP contribution in [0.1, 0.15) is 48.4 Å². The molecule has 3 rings (SSSR count). The number of piperidine rings is 1. The Morgan fingerprint density at radius 2 is 1.67 bits per heavy atom. The fourth-order valence-electron chi connectivity index (χ4n) is 3.72. The van der Waals surface area contributed by atoms with E-state index >= 15 is 0 Å². The third-order valence-electron chi connectivity index (χ3n) is 5.21. The number of nitrogens with zero attached hydrogens (tertiary/aromatic N) is 1. The summed E-state index contributed by atoms with van der Waals surface area (Å²) >= 11 is 0. The molecule has 0 aliphatic carbocycles. The molecule has 1 atom stereocenters. The number of nitrogens with one attached hydrogen (secondary N) is 1. The Morgan fingerprint density at radius 1 is 1.07 bits per heavy atom. The largest absolute Gasteiger partial charge is 0.299 e. The van der Waals surface area contributed by atoms with Crippen LogP contribution >= 0.6 is 0 Å². The number of rotatable bonds is 6. The molecule has 0 saturated carbocycles. The average molecular weight is 391 g/mol. The summed E-state index contributed by atoms with van der Waals surface area (Å²) in [7, 11) is -3.21. The maximum atomic E-state index is 13.1. The molecule has 146 valence electrons. The smallest absolute Gasteiger partial charge is 0.209 e. The number of likely N-dealkylation sites (tertiary alicyclic amines) is 1. The lowest BCUT2D eigenvalue weighted by molar-refractivity contribution is 0.204. The van der Waals surface area contributed by atoms with Crippen LogP contribution in [-0.2, 0) is 16.6 Å². The van der Waals surface area contributed by atoms with Crippen molar-refractivity contribution in [2.75, 3.05) is 19.3 Å². The van der Waals surface area contributed by atoms with Crippen molar-refractivity contribution in [1.29, 1.82) is 0 Å². The van der Waals surface area contributed by atoms with Gasteiger partial charge < -0.3 is 0 Å². The molecular formula is C21H27FN2O2S. The zero-order chi connectivity index (χ0) is 19.4. The molecule has 0 radical (unpaired) electrons. The molecule has 6 heteroatoms. The molecule has 0 aromatic heterocycles. The van der Waals surface area contributed by atoms with E-state index in [4.69, 9.17) is 0 Å². The van der Waals surface area contributed by atoms with Crippen molar-refractivity contribution < 1.29 is 12.8 Å². The second-order valence-electron chi connectivity index (χ2n) is 7.46. The fourth-order valence-corrected chi connectivity index (χ4v) is 4.50. The summed E-state index contributed by atoms with van der Waals surface area (Å²) in [4.78, 5) is 2.44. The number of sulfonamides is 1. The molecule has 1 N–H and O–H groups in total. The Morgan fingerprint density at radius 3 is 2.22 bits per heavy atom. The van der Waals surface area contributed by atoms with Crippen LogP contribution in [0.25, 0.3) is 0 Å². The van der Waals surface area contributed by atoms with Crippen LogP contribution in [0.15, 0.2) is 48.5 Å². The van der Waals surface area contributed by atoms with Crippen LogP contribution in [0.5, 0.6) is 0 Å². The van der Waals surface area contributed by atoms with Crippen LogP contribution in [0.4, 0.5) is 4.39 Å². The summed E-state index contributed by atoms with van der Waals surface area (Å²) in [5.41, 5.74) is 3.41. The number of halogens is 1. The third kappa shape index (κ3) is 5.86. The maximum absolute atomic E-state index is 13.1. The van der Waals surface area contributed by atoms with Gasteiger partial charge in [-0.3, -0.25) is 4.90 Å². The van der Waals surface area contributed by atoms with Gasteiger partial charge in [-0.15, -0.1) is 0 Å². The molecule has 1 unspecified atom stereocenters. The Bertz CT molecular complexity index is 843. The zero-order valence-corrected chi connectivity index (χ0v) is 16.7. The molecule has 27 heavy (non-hydrogen) atoms. The van der Waals surface area contributed by atoms with E-state index < -0.39 is 10.0 Å². The minimum atomic E-state index is -3.21. The van der Waals surface area contributed by atoms with Gasteiger partial charge in [0.1, 0.15) is 5.82 Å². The van der Waals surface area contributed by atoms with E-state index in [1.165, 1.54) is 17.4 Å². The van der Waals surface area contributed by atoms with Crippen molar-refractivity contribution >= 4 is 10.0 Å². The van der Waals surface area contributed by atoms with Gasteiger partial charge in [0.25, 0.3) is 0 Å². The molecule has 1 aliphatic rings. The van der Waals surface area contributed by atoms with Gasteiger partial charge in [-0.2, -0.15) is 0 Å². The van der Waals surface area contributed by atoms with Crippen molar-refractivity contribution in [3.63, 3.8) is 0 Å². The molecule has 2 aromatic rings. The normalized spacial score (nSPS) is 17.7. The first-order chi connectivity index (χ1) is 12.8. The molecular weight excluding hydrogens is 363 g/mol. The summed E-state index contributed by atoms with van der Waals surface area (Å²) < 4.78 is 38.4. The highest BCUT2D eigenvalue weighted by Crippen LogP contribution is 2.28. The molecule has 4 nitrogen and oxygen atoms in total. The second-order valence-corrected chi connectivity index (χ2v) is 9.24. The van der Waals surface area contributed by atoms with Crippen LogP contribution in [-0.4, -0.2) is 32.7 Å². The summed E-state index contributed by atoms with van der Waals surface area (Å²) in [5, 5.41) is 0. The van der Waals surface area contributed by atoms with E-state index in [2.05, 4.69) is 21.8 Å². The Hall–Kier alpha value is -1.76. The summed E-state index contributed by atoms with van der Waals surface area (Å²) in [6.07, 6.45) is 3.34. The van der Waals surface area contributed by atoms with Crippen molar-refractivity contribution in [1.82, 2.24) is 9.62 Å². The van der Waals surface area contributed by atoms with Crippen molar-refractivity contribution in [3.05, 3.63) is 71.0 Å². The third-order valence-corrected chi connectivity index (χ3v) is 5.99. The highest BCUT2D eigenvalue weighted by molar-refractivity contribution is 7.88. The first-order valence-corrected chi connectivity index (χ1v) is 11.2. The van der Waals surface area contributed by atoms with E-state index in [9.17, 15) is 12.8 Å². The highest BCUT2D eigenvalue weighted by Gasteiger charge is 2.20. The monoisotopic (exact) mass is 390 g/mol. The summed E-state index contributed by atoms with van der Waals surface area (Å²) in [5.74, 6) is 0.327. The van der Waals surface area contributed by atoms with Crippen molar-refractivity contribution in [2.45, 2.75) is 38.3 Å². The van der Waals surface area contributed by atoms with Crippen LogP contribution in [0.2, 0.25) is 0 Å². The SMILES string of the molecule is CC(NS(C)(=O)=O)c1ccc(CN2CCC(c3ccc(F)cc3)CC2)cc1. The van der Waals surface area contributed by atoms with Gasteiger partial charge in [0.05, 0.1) is 6.26 Å². The summed E-state index contributed by atoms with van der Waals surface area (Å²) in [6.45, 7) is 4.78. The predicted molar refractivity (Wildman–Crippen MR) is 106 cm³/mol. The molecule has 1 fully saturated rings. The average Bonchev–Trinajstić information content (AvgIpc) is 2.62. The lowest BCUT2D eigenvalue weighted by Gasteiger charge is -2.32. The Balaban J connectivity index is 1.52. The standard InChI is InChI=1S/C21H27FN2O2S/c1-16(23-27(2,25)26)18-5-3-17(4-6-18)15-24-13-11-20(12-14-24)19-7-9-21(22)10-8-19/h3-10,16,20,23H,11-15H2,1-2H3. The molecule has 1 aliphatic heterocycles. The van der Waals surface area contributed by atoms with Crippen LogP contribution in [0, 0.1) is 5.82 Å². The molecule has 0 spiro atoms. The quantitative estimate of drug-likeness (QED) is 0.816. The molecule has 2 aromatic carbocycles. The molecule has 0 bridgehead atoms.